The lowest BCUT2D eigenvalue weighted by Crippen LogP contribution is -2.24. The maximum absolute atomic E-state index is 5.97. The number of hydrogen-bond donors (Lipinski definition) is 2. The second-order valence-corrected chi connectivity index (χ2v) is 5.50. The Balaban J connectivity index is 2.04. The van der Waals surface area contributed by atoms with Crippen molar-refractivity contribution in [1.29, 1.82) is 0 Å². The predicted molar refractivity (Wildman–Crippen MR) is 81.8 cm³/mol. The van der Waals surface area contributed by atoms with E-state index in [0.29, 0.717) is 17.8 Å². The van der Waals surface area contributed by atoms with Crippen molar-refractivity contribution < 1.29 is 4.74 Å². The molecule has 0 amide bonds. The molecular weight excluding hydrogens is 252 g/mol. The third-order valence-electron chi connectivity index (χ3n) is 3.98. The molecule has 1 aliphatic rings. The van der Waals surface area contributed by atoms with Gasteiger partial charge in [-0.25, -0.2) is 9.97 Å². The third-order valence-corrected chi connectivity index (χ3v) is 3.98. The number of rotatable bonds is 6. The summed E-state index contributed by atoms with van der Waals surface area (Å²) in [5.74, 6) is 2.85. The maximum atomic E-state index is 5.97. The fourth-order valence-corrected chi connectivity index (χ4v) is 2.69. The van der Waals surface area contributed by atoms with Gasteiger partial charge in [-0.1, -0.05) is 13.8 Å². The van der Waals surface area contributed by atoms with Crippen LogP contribution in [0.25, 0.3) is 0 Å². The van der Waals surface area contributed by atoms with Crippen molar-refractivity contribution in [1.82, 2.24) is 9.97 Å². The van der Waals surface area contributed by atoms with Crippen molar-refractivity contribution in [2.45, 2.75) is 52.6 Å². The summed E-state index contributed by atoms with van der Waals surface area (Å²) in [7, 11) is 0. The summed E-state index contributed by atoms with van der Waals surface area (Å²) in [5, 5.41) is 3.45. The lowest BCUT2D eigenvalue weighted by molar-refractivity contribution is 0.0900. The fourth-order valence-electron chi connectivity index (χ4n) is 2.69. The third kappa shape index (κ3) is 3.39. The van der Waals surface area contributed by atoms with E-state index >= 15 is 0 Å². The number of aryl methyl sites for hydroxylation is 1. The van der Waals surface area contributed by atoms with Crippen LogP contribution < -0.4 is 11.1 Å². The van der Waals surface area contributed by atoms with Gasteiger partial charge in [0.15, 0.2) is 0 Å². The van der Waals surface area contributed by atoms with Crippen LogP contribution in [0.15, 0.2) is 0 Å². The SMILES string of the molecule is CCCc1nc(N)c(C)c(NCC2CCOC2CC)n1. The van der Waals surface area contributed by atoms with Gasteiger partial charge in [0.25, 0.3) is 0 Å². The second kappa shape index (κ2) is 6.88. The number of nitrogens with two attached hydrogens (primary N) is 1. The van der Waals surface area contributed by atoms with Crippen LogP contribution in [0, 0.1) is 12.8 Å². The Morgan fingerprint density at radius 3 is 2.85 bits per heavy atom. The molecule has 20 heavy (non-hydrogen) atoms. The van der Waals surface area contributed by atoms with Gasteiger partial charge in [0, 0.05) is 31.1 Å². The zero-order chi connectivity index (χ0) is 14.5. The molecule has 112 valence electrons. The lowest BCUT2D eigenvalue weighted by Gasteiger charge is -2.19. The molecular formula is C15H26N4O. The summed E-state index contributed by atoms with van der Waals surface area (Å²) >= 11 is 0. The van der Waals surface area contributed by atoms with Gasteiger partial charge < -0.3 is 15.8 Å². The van der Waals surface area contributed by atoms with Gasteiger partial charge in [-0.2, -0.15) is 0 Å². The molecule has 0 saturated carbocycles. The number of ether oxygens (including phenoxy) is 1. The number of nitrogen functional groups attached to an aromatic ring is 1. The van der Waals surface area contributed by atoms with E-state index in [1.165, 1.54) is 0 Å². The smallest absolute Gasteiger partial charge is 0.134 e. The number of hydrogen-bond acceptors (Lipinski definition) is 5. The van der Waals surface area contributed by atoms with E-state index in [0.717, 1.165) is 56.0 Å². The molecule has 5 nitrogen and oxygen atoms in total. The van der Waals surface area contributed by atoms with Gasteiger partial charge in [0.1, 0.15) is 17.5 Å². The summed E-state index contributed by atoms with van der Waals surface area (Å²) in [5.41, 5.74) is 6.91. The summed E-state index contributed by atoms with van der Waals surface area (Å²) in [6.45, 7) is 8.03. The normalized spacial score (nSPS) is 22.1. The van der Waals surface area contributed by atoms with Crippen LogP contribution in [-0.2, 0) is 11.2 Å². The zero-order valence-corrected chi connectivity index (χ0v) is 12.8. The van der Waals surface area contributed by atoms with Gasteiger partial charge in [-0.15, -0.1) is 0 Å². The highest BCUT2D eigenvalue weighted by molar-refractivity contribution is 5.54. The molecule has 2 unspecified atom stereocenters. The Morgan fingerprint density at radius 2 is 2.15 bits per heavy atom. The van der Waals surface area contributed by atoms with Gasteiger partial charge in [-0.3, -0.25) is 0 Å². The first-order valence-corrected chi connectivity index (χ1v) is 7.64. The minimum Gasteiger partial charge on any atom is -0.383 e. The molecule has 1 saturated heterocycles. The molecule has 1 aromatic rings. The van der Waals surface area contributed by atoms with Crippen molar-refractivity contribution in [2.24, 2.45) is 5.92 Å². The Bertz CT molecular complexity index is 450. The zero-order valence-electron chi connectivity index (χ0n) is 12.8. The average Bonchev–Trinajstić information content (AvgIpc) is 2.89. The molecule has 2 heterocycles. The quantitative estimate of drug-likeness (QED) is 0.836. The van der Waals surface area contributed by atoms with Crippen LogP contribution in [-0.4, -0.2) is 29.2 Å². The van der Waals surface area contributed by atoms with Gasteiger partial charge in [0.05, 0.1) is 6.10 Å². The topological polar surface area (TPSA) is 73.1 Å². The van der Waals surface area contributed by atoms with Gasteiger partial charge in [-0.05, 0) is 26.2 Å². The average molecular weight is 278 g/mol. The Labute approximate surface area is 121 Å². The number of nitrogens with zero attached hydrogens (tertiary/aromatic N) is 2. The van der Waals surface area contributed by atoms with Crippen molar-refractivity contribution in [2.75, 3.05) is 24.2 Å². The first-order chi connectivity index (χ1) is 9.65. The molecule has 0 bridgehead atoms. The van der Waals surface area contributed by atoms with Gasteiger partial charge >= 0.3 is 0 Å². The van der Waals surface area contributed by atoms with E-state index in [-0.39, 0.29) is 0 Å². The molecule has 0 aliphatic carbocycles. The van der Waals surface area contributed by atoms with E-state index in [4.69, 9.17) is 10.5 Å². The van der Waals surface area contributed by atoms with Crippen LogP contribution in [0.3, 0.4) is 0 Å². The molecule has 1 fully saturated rings. The predicted octanol–water partition coefficient (Wildman–Crippen LogP) is 2.55. The minimum absolute atomic E-state index is 0.372. The molecule has 5 heteroatoms. The molecule has 0 radical (unpaired) electrons. The Kier molecular flexibility index (Phi) is 5.17. The fraction of sp³-hybridized carbons (Fsp3) is 0.733. The van der Waals surface area contributed by atoms with Crippen molar-refractivity contribution in [3.63, 3.8) is 0 Å². The second-order valence-electron chi connectivity index (χ2n) is 5.50. The molecule has 0 aromatic carbocycles. The van der Waals surface area contributed by atoms with Crippen molar-refractivity contribution in [3.8, 4) is 0 Å². The first kappa shape index (κ1) is 15.0. The highest BCUT2D eigenvalue weighted by Gasteiger charge is 2.26. The standard InChI is InChI=1S/C15H26N4O/c1-4-6-13-18-14(16)10(3)15(19-13)17-9-11-7-8-20-12(11)5-2/h11-12H,4-9H2,1-3H3,(H3,16,17,18,19). The number of aromatic nitrogens is 2. The van der Waals surface area contributed by atoms with Gasteiger partial charge in [0.2, 0.25) is 0 Å². The molecule has 1 aromatic heterocycles. The Hall–Kier alpha value is -1.36. The summed E-state index contributed by atoms with van der Waals surface area (Å²) in [6, 6.07) is 0. The van der Waals surface area contributed by atoms with Crippen LogP contribution in [0.1, 0.15) is 44.5 Å². The molecule has 2 atom stereocenters. The monoisotopic (exact) mass is 278 g/mol. The maximum Gasteiger partial charge on any atom is 0.134 e. The van der Waals surface area contributed by atoms with E-state index < -0.39 is 0 Å². The highest BCUT2D eigenvalue weighted by Crippen LogP contribution is 2.25. The van der Waals surface area contributed by atoms with E-state index in [2.05, 4.69) is 29.1 Å². The lowest BCUT2D eigenvalue weighted by atomic mass is 10.00. The summed E-state index contributed by atoms with van der Waals surface area (Å²) in [4.78, 5) is 8.93. The summed E-state index contributed by atoms with van der Waals surface area (Å²) < 4.78 is 5.72. The van der Waals surface area contributed by atoms with Crippen LogP contribution in [0.4, 0.5) is 11.6 Å². The van der Waals surface area contributed by atoms with Crippen molar-refractivity contribution >= 4 is 11.6 Å². The number of anilines is 2. The largest absolute Gasteiger partial charge is 0.383 e. The highest BCUT2D eigenvalue weighted by atomic mass is 16.5. The van der Waals surface area contributed by atoms with E-state index in [9.17, 15) is 0 Å². The number of nitrogens with one attached hydrogen (secondary N) is 1. The van der Waals surface area contributed by atoms with Crippen LogP contribution in [0.2, 0.25) is 0 Å². The molecule has 3 N–H and O–H groups in total. The first-order valence-electron chi connectivity index (χ1n) is 7.64. The van der Waals surface area contributed by atoms with E-state index in [1.54, 1.807) is 0 Å². The van der Waals surface area contributed by atoms with Crippen LogP contribution >= 0.6 is 0 Å². The van der Waals surface area contributed by atoms with Crippen LogP contribution in [0.5, 0.6) is 0 Å². The van der Waals surface area contributed by atoms with E-state index in [1.807, 2.05) is 6.92 Å². The molecule has 2 rings (SSSR count). The van der Waals surface area contributed by atoms with Crippen molar-refractivity contribution in [3.05, 3.63) is 11.4 Å². The Morgan fingerprint density at radius 1 is 1.35 bits per heavy atom. The summed E-state index contributed by atoms with van der Waals surface area (Å²) in [6.07, 6.45) is 4.45. The molecule has 1 aliphatic heterocycles. The molecule has 0 spiro atoms. The minimum atomic E-state index is 0.372.